The molecule has 0 saturated heterocycles. The lowest BCUT2D eigenvalue weighted by atomic mass is 10.4. The Labute approximate surface area is 88.6 Å². The fourth-order valence-corrected chi connectivity index (χ4v) is 1.79. The minimum atomic E-state index is 0.148. The molecule has 0 aliphatic rings. The normalized spacial score (nSPS) is 10.4. The second-order valence-corrected chi connectivity index (χ2v) is 4.38. The fraction of sp³-hybridized carbons (Fsp3) is 0.375. The van der Waals surface area contributed by atoms with Gasteiger partial charge in [-0.2, -0.15) is 0 Å². The van der Waals surface area contributed by atoms with Gasteiger partial charge in [-0.1, -0.05) is 0 Å². The smallest absolute Gasteiger partial charge is 0.228 e. The number of nitrogens with zero attached hydrogens (tertiary/aromatic N) is 1. The van der Waals surface area contributed by atoms with E-state index in [1.807, 2.05) is 19.9 Å². The summed E-state index contributed by atoms with van der Waals surface area (Å²) in [5.41, 5.74) is 0. The van der Waals surface area contributed by atoms with Crippen LogP contribution in [0.15, 0.2) is 21.2 Å². The van der Waals surface area contributed by atoms with Crippen molar-refractivity contribution in [3.63, 3.8) is 0 Å². The van der Waals surface area contributed by atoms with Gasteiger partial charge in [0.1, 0.15) is 0 Å². The molecular formula is C8H9Br2NO. The summed E-state index contributed by atoms with van der Waals surface area (Å²) in [6, 6.07) is 1.91. The summed E-state index contributed by atoms with van der Waals surface area (Å²) in [4.78, 5) is 4.10. The largest absolute Gasteiger partial charge is 0.474 e. The summed E-state index contributed by atoms with van der Waals surface area (Å²) < 4.78 is 7.22. The maximum atomic E-state index is 5.42. The van der Waals surface area contributed by atoms with Crippen LogP contribution in [0.5, 0.6) is 5.88 Å². The Morgan fingerprint density at radius 2 is 2.08 bits per heavy atom. The lowest BCUT2D eigenvalue weighted by molar-refractivity contribution is 0.231. The van der Waals surface area contributed by atoms with Crippen LogP contribution in [0.25, 0.3) is 0 Å². The molecule has 0 fully saturated rings. The van der Waals surface area contributed by atoms with E-state index in [4.69, 9.17) is 4.74 Å². The highest BCUT2D eigenvalue weighted by molar-refractivity contribution is 9.11. The molecule has 0 atom stereocenters. The van der Waals surface area contributed by atoms with E-state index in [1.54, 1.807) is 6.20 Å². The molecule has 66 valence electrons. The third kappa shape index (κ3) is 2.75. The minimum absolute atomic E-state index is 0.148. The first-order chi connectivity index (χ1) is 5.59. The molecule has 0 aliphatic carbocycles. The van der Waals surface area contributed by atoms with Gasteiger partial charge < -0.3 is 4.74 Å². The second kappa shape index (κ2) is 4.23. The number of aromatic nitrogens is 1. The molecule has 1 rings (SSSR count). The van der Waals surface area contributed by atoms with Gasteiger partial charge in [0.05, 0.1) is 10.6 Å². The summed E-state index contributed by atoms with van der Waals surface area (Å²) in [7, 11) is 0. The van der Waals surface area contributed by atoms with Gasteiger partial charge in [-0.15, -0.1) is 0 Å². The maximum Gasteiger partial charge on any atom is 0.228 e. The molecule has 4 heteroatoms. The van der Waals surface area contributed by atoms with Gasteiger partial charge in [0.2, 0.25) is 5.88 Å². The van der Waals surface area contributed by atoms with Crippen molar-refractivity contribution in [2.45, 2.75) is 20.0 Å². The number of rotatable bonds is 2. The van der Waals surface area contributed by atoms with E-state index in [0.717, 1.165) is 8.95 Å². The molecular weight excluding hydrogens is 286 g/mol. The van der Waals surface area contributed by atoms with Crippen LogP contribution >= 0.6 is 31.9 Å². The van der Waals surface area contributed by atoms with Crippen LogP contribution in [0.4, 0.5) is 0 Å². The lowest BCUT2D eigenvalue weighted by Gasteiger charge is -2.09. The van der Waals surface area contributed by atoms with Crippen molar-refractivity contribution in [2.24, 2.45) is 0 Å². The Hall–Kier alpha value is -0.0900. The Kier molecular flexibility index (Phi) is 3.53. The van der Waals surface area contributed by atoms with Crippen LogP contribution in [0.1, 0.15) is 13.8 Å². The topological polar surface area (TPSA) is 22.1 Å². The SMILES string of the molecule is CC(C)Oc1ncc(Br)cc1Br. The zero-order valence-corrected chi connectivity index (χ0v) is 10.0. The Balaban J connectivity index is 2.86. The highest BCUT2D eigenvalue weighted by atomic mass is 79.9. The van der Waals surface area contributed by atoms with Crippen molar-refractivity contribution in [2.75, 3.05) is 0 Å². The van der Waals surface area contributed by atoms with Crippen LogP contribution in [-0.2, 0) is 0 Å². The molecule has 12 heavy (non-hydrogen) atoms. The monoisotopic (exact) mass is 293 g/mol. The zero-order chi connectivity index (χ0) is 9.14. The van der Waals surface area contributed by atoms with Gasteiger partial charge in [0.15, 0.2) is 0 Å². The van der Waals surface area contributed by atoms with Crippen LogP contribution < -0.4 is 4.74 Å². The van der Waals surface area contributed by atoms with E-state index in [-0.39, 0.29) is 6.10 Å². The number of hydrogen-bond acceptors (Lipinski definition) is 2. The molecule has 1 aromatic rings. The molecule has 0 saturated carbocycles. The number of hydrogen-bond donors (Lipinski definition) is 0. The van der Waals surface area contributed by atoms with Crippen LogP contribution in [0.3, 0.4) is 0 Å². The molecule has 1 heterocycles. The van der Waals surface area contributed by atoms with Crippen LogP contribution in [-0.4, -0.2) is 11.1 Å². The fourth-order valence-electron chi connectivity index (χ4n) is 0.712. The molecule has 2 nitrogen and oxygen atoms in total. The lowest BCUT2D eigenvalue weighted by Crippen LogP contribution is -2.07. The summed E-state index contributed by atoms with van der Waals surface area (Å²) in [6.07, 6.45) is 1.86. The van der Waals surface area contributed by atoms with Crippen molar-refractivity contribution in [3.05, 3.63) is 21.2 Å². The summed E-state index contributed by atoms with van der Waals surface area (Å²) in [6.45, 7) is 3.94. The standard InChI is InChI=1S/C8H9Br2NO/c1-5(2)12-8-7(10)3-6(9)4-11-8/h3-5H,1-2H3. The maximum absolute atomic E-state index is 5.42. The summed E-state index contributed by atoms with van der Waals surface area (Å²) >= 11 is 6.67. The summed E-state index contributed by atoms with van der Waals surface area (Å²) in [5.74, 6) is 0.633. The molecule has 0 N–H and O–H groups in total. The van der Waals surface area contributed by atoms with E-state index < -0.39 is 0 Å². The second-order valence-electron chi connectivity index (χ2n) is 2.61. The first-order valence-electron chi connectivity index (χ1n) is 3.57. The molecule has 0 aliphatic heterocycles. The van der Waals surface area contributed by atoms with E-state index in [2.05, 4.69) is 36.8 Å². The third-order valence-electron chi connectivity index (χ3n) is 1.12. The molecule has 0 bridgehead atoms. The van der Waals surface area contributed by atoms with Gasteiger partial charge >= 0.3 is 0 Å². The average molecular weight is 295 g/mol. The first kappa shape index (κ1) is 9.99. The predicted octanol–water partition coefficient (Wildman–Crippen LogP) is 3.39. The molecule has 0 unspecified atom stereocenters. The van der Waals surface area contributed by atoms with E-state index in [9.17, 15) is 0 Å². The quantitative estimate of drug-likeness (QED) is 0.834. The van der Waals surface area contributed by atoms with E-state index >= 15 is 0 Å². The van der Waals surface area contributed by atoms with Gasteiger partial charge in [0, 0.05) is 10.7 Å². The third-order valence-corrected chi connectivity index (χ3v) is 2.12. The van der Waals surface area contributed by atoms with Crippen molar-refractivity contribution >= 4 is 31.9 Å². The predicted molar refractivity (Wildman–Crippen MR) is 55.4 cm³/mol. The highest BCUT2D eigenvalue weighted by Gasteiger charge is 2.04. The zero-order valence-electron chi connectivity index (χ0n) is 6.84. The van der Waals surface area contributed by atoms with Crippen molar-refractivity contribution in [3.8, 4) is 5.88 Å². The number of pyridine rings is 1. The molecule has 1 aromatic heterocycles. The Morgan fingerprint density at radius 3 is 2.58 bits per heavy atom. The van der Waals surface area contributed by atoms with Crippen LogP contribution in [0, 0.1) is 0 Å². The Morgan fingerprint density at radius 1 is 1.42 bits per heavy atom. The van der Waals surface area contributed by atoms with Crippen LogP contribution in [0.2, 0.25) is 0 Å². The molecule has 0 spiro atoms. The van der Waals surface area contributed by atoms with Crippen molar-refractivity contribution in [1.29, 1.82) is 0 Å². The van der Waals surface area contributed by atoms with Crippen molar-refractivity contribution < 1.29 is 4.74 Å². The van der Waals surface area contributed by atoms with Gasteiger partial charge in [-0.25, -0.2) is 4.98 Å². The van der Waals surface area contributed by atoms with E-state index in [0.29, 0.717) is 5.88 Å². The molecule has 0 aromatic carbocycles. The highest BCUT2D eigenvalue weighted by Crippen LogP contribution is 2.25. The van der Waals surface area contributed by atoms with Crippen molar-refractivity contribution in [1.82, 2.24) is 4.98 Å². The number of halogens is 2. The molecule has 0 radical (unpaired) electrons. The summed E-state index contributed by atoms with van der Waals surface area (Å²) in [5, 5.41) is 0. The van der Waals surface area contributed by atoms with Gasteiger partial charge in [0.25, 0.3) is 0 Å². The average Bonchev–Trinajstić information content (AvgIpc) is 1.94. The first-order valence-corrected chi connectivity index (χ1v) is 5.16. The minimum Gasteiger partial charge on any atom is -0.474 e. The van der Waals surface area contributed by atoms with E-state index in [1.165, 1.54) is 0 Å². The van der Waals surface area contributed by atoms with Gasteiger partial charge in [-0.05, 0) is 51.8 Å². The molecule has 0 amide bonds. The number of ether oxygens (including phenoxy) is 1. The van der Waals surface area contributed by atoms with Gasteiger partial charge in [-0.3, -0.25) is 0 Å². The Bertz CT molecular complexity index is 276.